The van der Waals surface area contributed by atoms with Crippen LogP contribution in [-0.2, 0) is 11.3 Å². The molecule has 4 rings (SSSR count). The fourth-order valence-electron chi connectivity index (χ4n) is 3.93. The molecule has 0 unspecified atom stereocenters. The van der Waals surface area contributed by atoms with Crippen molar-refractivity contribution in [2.45, 2.75) is 26.3 Å². The zero-order valence-electron chi connectivity index (χ0n) is 18.6. The number of carbonyl (C=O) groups is 2. The molecule has 0 bridgehead atoms. The lowest BCUT2D eigenvalue weighted by molar-refractivity contribution is -0.120. The van der Waals surface area contributed by atoms with Crippen molar-refractivity contribution in [1.82, 2.24) is 10.3 Å². The molecule has 0 spiro atoms. The molecule has 1 aromatic heterocycles. The number of carbonyl (C=O) groups excluding carboxylic acids is 2. The molecule has 1 fully saturated rings. The molecule has 0 aliphatic carbocycles. The molecule has 1 aliphatic rings. The lowest BCUT2D eigenvalue weighted by Gasteiger charge is -2.32. The highest BCUT2D eigenvalue weighted by Gasteiger charge is 2.26. The molecule has 0 saturated carbocycles. The van der Waals surface area contributed by atoms with Gasteiger partial charge in [0.25, 0.3) is 5.91 Å². The maximum Gasteiger partial charge on any atom is 0.253 e. The van der Waals surface area contributed by atoms with Gasteiger partial charge in [-0.1, -0.05) is 53.6 Å². The van der Waals surface area contributed by atoms with Crippen LogP contribution in [0.1, 0.15) is 34.3 Å². The number of hydrogen-bond acceptors (Lipinski definition) is 4. The number of rotatable bonds is 6. The van der Waals surface area contributed by atoms with E-state index in [2.05, 4.69) is 20.5 Å². The van der Waals surface area contributed by atoms with Crippen molar-refractivity contribution in [1.29, 1.82) is 0 Å². The van der Waals surface area contributed by atoms with Crippen LogP contribution in [0.2, 0.25) is 5.02 Å². The highest BCUT2D eigenvalue weighted by Crippen LogP contribution is 2.25. The highest BCUT2D eigenvalue weighted by molar-refractivity contribution is 6.30. The zero-order valence-corrected chi connectivity index (χ0v) is 19.3. The van der Waals surface area contributed by atoms with Crippen molar-refractivity contribution in [2.24, 2.45) is 5.92 Å². The number of nitrogens with zero attached hydrogens (tertiary/aromatic N) is 2. The summed E-state index contributed by atoms with van der Waals surface area (Å²) in [5.41, 5.74) is 3.19. The summed E-state index contributed by atoms with van der Waals surface area (Å²) in [6, 6.07) is 18.9. The van der Waals surface area contributed by atoms with Gasteiger partial charge in [-0.15, -0.1) is 0 Å². The van der Waals surface area contributed by atoms with Gasteiger partial charge in [-0.2, -0.15) is 0 Å². The Hall–Kier alpha value is -3.38. The molecule has 2 amide bonds. The number of nitrogens with one attached hydrogen (secondary N) is 2. The fraction of sp³-hybridized carbons (Fsp3) is 0.269. The van der Waals surface area contributed by atoms with E-state index < -0.39 is 0 Å². The summed E-state index contributed by atoms with van der Waals surface area (Å²) in [4.78, 5) is 32.3. The number of aromatic nitrogens is 1. The summed E-state index contributed by atoms with van der Waals surface area (Å²) in [6.45, 7) is 3.94. The molecule has 2 heterocycles. The minimum absolute atomic E-state index is 0.0579. The van der Waals surface area contributed by atoms with Crippen molar-refractivity contribution < 1.29 is 9.59 Å². The van der Waals surface area contributed by atoms with Crippen molar-refractivity contribution in [3.63, 3.8) is 0 Å². The molecule has 0 radical (unpaired) electrons. The molecule has 1 aliphatic heterocycles. The Labute approximate surface area is 199 Å². The Balaban J connectivity index is 1.34. The number of hydrogen-bond donors (Lipinski definition) is 2. The average Bonchev–Trinajstić information content (AvgIpc) is 2.84. The van der Waals surface area contributed by atoms with E-state index in [0.29, 0.717) is 22.8 Å². The normalized spacial score (nSPS) is 14.1. The maximum atomic E-state index is 12.9. The Morgan fingerprint density at radius 1 is 1.03 bits per heavy atom. The first-order valence-electron chi connectivity index (χ1n) is 11.1. The summed E-state index contributed by atoms with van der Waals surface area (Å²) in [6.07, 6.45) is 3.08. The van der Waals surface area contributed by atoms with Crippen LogP contribution in [0, 0.1) is 12.8 Å². The quantitative estimate of drug-likeness (QED) is 0.550. The van der Waals surface area contributed by atoms with Crippen molar-refractivity contribution in [3.8, 4) is 0 Å². The number of para-hydroxylation sites is 1. The van der Waals surface area contributed by atoms with Crippen LogP contribution in [0.3, 0.4) is 0 Å². The third kappa shape index (κ3) is 5.90. The topological polar surface area (TPSA) is 74.3 Å². The first-order valence-corrected chi connectivity index (χ1v) is 11.5. The molecule has 3 aromatic rings. The third-order valence-corrected chi connectivity index (χ3v) is 6.13. The van der Waals surface area contributed by atoms with Gasteiger partial charge in [-0.3, -0.25) is 9.59 Å². The van der Waals surface area contributed by atoms with Crippen LogP contribution in [0.5, 0.6) is 0 Å². The summed E-state index contributed by atoms with van der Waals surface area (Å²) < 4.78 is 0. The smallest absolute Gasteiger partial charge is 0.253 e. The first-order chi connectivity index (χ1) is 16.0. The molecule has 7 heteroatoms. The molecule has 33 heavy (non-hydrogen) atoms. The largest absolute Gasteiger partial charge is 0.357 e. The molecule has 2 aromatic carbocycles. The first kappa shape index (κ1) is 22.8. The molecule has 2 N–H and O–H groups in total. The summed E-state index contributed by atoms with van der Waals surface area (Å²) >= 11 is 5.92. The Bertz CT molecular complexity index is 1110. The van der Waals surface area contributed by atoms with E-state index in [0.717, 1.165) is 37.3 Å². The molecule has 1 saturated heterocycles. The van der Waals surface area contributed by atoms with Crippen LogP contribution < -0.4 is 15.5 Å². The molecule has 6 nitrogen and oxygen atoms in total. The second-order valence-electron chi connectivity index (χ2n) is 8.30. The predicted octanol–water partition coefficient (Wildman–Crippen LogP) is 4.83. The van der Waals surface area contributed by atoms with E-state index in [1.54, 1.807) is 24.4 Å². The minimum Gasteiger partial charge on any atom is -0.357 e. The van der Waals surface area contributed by atoms with Crippen LogP contribution in [-0.4, -0.2) is 29.9 Å². The van der Waals surface area contributed by atoms with Gasteiger partial charge in [0, 0.05) is 31.7 Å². The van der Waals surface area contributed by atoms with E-state index in [-0.39, 0.29) is 17.7 Å². The lowest BCUT2D eigenvalue weighted by atomic mass is 9.95. The summed E-state index contributed by atoms with van der Waals surface area (Å²) in [5, 5.41) is 6.53. The standard InChI is InChI=1S/C26H27ClN4O2/c1-18-6-8-19(9-7-18)16-29-26(33)22-4-2-3-5-23(22)30-25(32)20-12-14-31(15-13-20)24-11-10-21(27)17-28-24/h2-11,17,20H,12-16H2,1H3,(H,29,33)(H,30,32). The number of piperidine rings is 1. The zero-order chi connectivity index (χ0) is 23.2. The Kier molecular flexibility index (Phi) is 7.25. The second-order valence-corrected chi connectivity index (χ2v) is 8.74. The SMILES string of the molecule is Cc1ccc(CNC(=O)c2ccccc2NC(=O)C2CCN(c3ccc(Cl)cn3)CC2)cc1. The van der Waals surface area contributed by atoms with Crippen LogP contribution >= 0.6 is 11.6 Å². The predicted molar refractivity (Wildman–Crippen MR) is 132 cm³/mol. The van der Waals surface area contributed by atoms with Crippen LogP contribution in [0.15, 0.2) is 66.9 Å². The monoisotopic (exact) mass is 462 g/mol. The van der Waals surface area contributed by atoms with Crippen LogP contribution in [0.25, 0.3) is 0 Å². The van der Waals surface area contributed by atoms with Gasteiger partial charge in [-0.05, 0) is 49.6 Å². The van der Waals surface area contributed by atoms with Crippen molar-refractivity contribution in [2.75, 3.05) is 23.3 Å². The summed E-state index contributed by atoms with van der Waals surface area (Å²) in [5.74, 6) is 0.485. The fourth-order valence-corrected chi connectivity index (χ4v) is 4.05. The maximum absolute atomic E-state index is 12.9. The van der Waals surface area contributed by atoms with Crippen LogP contribution in [0.4, 0.5) is 11.5 Å². The minimum atomic E-state index is -0.213. The molecular formula is C26H27ClN4O2. The van der Waals surface area contributed by atoms with Gasteiger partial charge in [0.2, 0.25) is 5.91 Å². The summed E-state index contributed by atoms with van der Waals surface area (Å²) in [7, 11) is 0. The lowest BCUT2D eigenvalue weighted by Crippen LogP contribution is -2.38. The number of anilines is 2. The van der Waals surface area contributed by atoms with Gasteiger partial charge in [0.15, 0.2) is 0 Å². The third-order valence-electron chi connectivity index (χ3n) is 5.90. The number of aryl methyl sites for hydroxylation is 1. The van der Waals surface area contributed by atoms with E-state index in [1.165, 1.54) is 5.56 Å². The van der Waals surface area contributed by atoms with Gasteiger partial charge in [-0.25, -0.2) is 4.98 Å². The molecule has 0 atom stereocenters. The number of halogens is 1. The van der Waals surface area contributed by atoms with Gasteiger partial charge in [0.05, 0.1) is 16.3 Å². The van der Waals surface area contributed by atoms with Gasteiger partial charge >= 0.3 is 0 Å². The molecular weight excluding hydrogens is 436 g/mol. The van der Waals surface area contributed by atoms with E-state index in [1.807, 2.05) is 49.4 Å². The van der Waals surface area contributed by atoms with E-state index >= 15 is 0 Å². The molecule has 170 valence electrons. The van der Waals surface area contributed by atoms with E-state index in [4.69, 9.17) is 11.6 Å². The Morgan fingerprint density at radius 3 is 2.45 bits per heavy atom. The van der Waals surface area contributed by atoms with E-state index in [9.17, 15) is 9.59 Å². The highest BCUT2D eigenvalue weighted by atomic mass is 35.5. The number of amides is 2. The number of benzene rings is 2. The van der Waals surface area contributed by atoms with Crippen molar-refractivity contribution >= 4 is 34.9 Å². The Morgan fingerprint density at radius 2 is 1.76 bits per heavy atom. The average molecular weight is 463 g/mol. The number of pyridine rings is 1. The van der Waals surface area contributed by atoms with Crippen molar-refractivity contribution in [3.05, 3.63) is 88.6 Å². The van der Waals surface area contributed by atoms with Gasteiger partial charge < -0.3 is 15.5 Å². The second kappa shape index (κ2) is 10.5. The van der Waals surface area contributed by atoms with Gasteiger partial charge in [0.1, 0.15) is 5.82 Å².